The lowest BCUT2D eigenvalue weighted by Crippen LogP contribution is -2.54. The summed E-state index contributed by atoms with van der Waals surface area (Å²) in [5, 5.41) is 0. The van der Waals surface area contributed by atoms with Crippen LogP contribution in [0.4, 0.5) is 0 Å². The van der Waals surface area contributed by atoms with Crippen LogP contribution in [0.15, 0.2) is 24.4 Å². The number of nitrogens with zero attached hydrogens (tertiary/aromatic N) is 2. The Labute approximate surface area is 150 Å². The van der Waals surface area contributed by atoms with Crippen molar-refractivity contribution in [2.75, 3.05) is 13.7 Å². The molecule has 2 fully saturated rings. The largest absolute Gasteiger partial charge is 0.474 e. The standard InChI is InChI=1S/C20H30N2O3/c1-19(2,3)14-18(23)22-12-10-20(24-4)9-8-15(13-16(20)22)25-17-7-5-6-11-21-17/h5-7,11,15-16H,8-10,12-14H2,1-4H3/t15-,16+,20-/m1/s1. The fourth-order valence-electron chi connectivity index (χ4n) is 4.21. The highest BCUT2D eigenvalue weighted by Crippen LogP contribution is 2.43. The topological polar surface area (TPSA) is 51.7 Å². The average molecular weight is 346 g/mol. The molecule has 0 unspecified atom stereocenters. The van der Waals surface area contributed by atoms with Crippen LogP contribution in [0.1, 0.15) is 52.9 Å². The highest BCUT2D eigenvalue weighted by atomic mass is 16.5. The molecule has 0 spiro atoms. The van der Waals surface area contributed by atoms with Crippen LogP contribution in [-0.2, 0) is 9.53 Å². The summed E-state index contributed by atoms with van der Waals surface area (Å²) in [5.74, 6) is 0.887. The number of methoxy groups -OCH3 is 1. The van der Waals surface area contributed by atoms with E-state index in [1.807, 2.05) is 23.1 Å². The lowest BCUT2D eigenvalue weighted by Gasteiger charge is -2.43. The number of amides is 1. The first-order valence-electron chi connectivity index (χ1n) is 9.25. The van der Waals surface area contributed by atoms with E-state index in [1.165, 1.54) is 0 Å². The van der Waals surface area contributed by atoms with Gasteiger partial charge in [-0.2, -0.15) is 0 Å². The van der Waals surface area contributed by atoms with Gasteiger partial charge in [0.15, 0.2) is 0 Å². The summed E-state index contributed by atoms with van der Waals surface area (Å²) in [7, 11) is 1.78. The second-order valence-corrected chi connectivity index (χ2v) is 8.54. The molecule has 1 aliphatic carbocycles. The summed E-state index contributed by atoms with van der Waals surface area (Å²) in [4.78, 5) is 19.2. The summed E-state index contributed by atoms with van der Waals surface area (Å²) < 4.78 is 12.0. The van der Waals surface area contributed by atoms with E-state index < -0.39 is 0 Å². The summed E-state index contributed by atoms with van der Waals surface area (Å²) in [6, 6.07) is 5.79. The van der Waals surface area contributed by atoms with Gasteiger partial charge in [-0.05, 0) is 30.7 Å². The van der Waals surface area contributed by atoms with Crippen LogP contribution < -0.4 is 4.74 Å². The number of pyridine rings is 1. The van der Waals surface area contributed by atoms with Gasteiger partial charge in [-0.25, -0.2) is 4.98 Å². The molecule has 5 nitrogen and oxygen atoms in total. The van der Waals surface area contributed by atoms with Crippen LogP contribution in [-0.4, -0.2) is 47.2 Å². The highest BCUT2D eigenvalue weighted by Gasteiger charge is 2.53. The predicted octanol–water partition coefficient (Wildman–Crippen LogP) is 3.44. The molecule has 2 heterocycles. The Morgan fingerprint density at radius 1 is 1.36 bits per heavy atom. The monoisotopic (exact) mass is 346 g/mol. The van der Waals surface area contributed by atoms with Crippen LogP contribution in [0.3, 0.4) is 0 Å². The molecule has 2 aliphatic rings. The maximum absolute atomic E-state index is 12.9. The lowest BCUT2D eigenvalue weighted by molar-refractivity contribution is -0.141. The number of hydrogen-bond donors (Lipinski definition) is 0. The van der Waals surface area contributed by atoms with Gasteiger partial charge in [0.25, 0.3) is 0 Å². The van der Waals surface area contributed by atoms with Gasteiger partial charge in [0.05, 0.1) is 11.6 Å². The zero-order valence-electron chi connectivity index (χ0n) is 15.8. The fraction of sp³-hybridized carbons (Fsp3) is 0.700. The molecule has 138 valence electrons. The molecule has 1 amide bonds. The molecule has 3 atom stereocenters. The van der Waals surface area contributed by atoms with Crippen molar-refractivity contribution in [1.29, 1.82) is 0 Å². The van der Waals surface area contributed by atoms with Gasteiger partial charge in [0.1, 0.15) is 6.10 Å². The number of carbonyl (C=O) groups is 1. The van der Waals surface area contributed by atoms with E-state index in [-0.39, 0.29) is 29.1 Å². The smallest absolute Gasteiger partial charge is 0.223 e. The molecule has 3 rings (SSSR count). The van der Waals surface area contributed by atoms with Gasteiger partial charge in [0.2, 0.25) is 11.8 Å². The van der Waals surface area contributed by atoms with Gasteiger partial charge in [-0.3, -0.25) is 4.79 Å². The van der Waals surface area contributed by atoms with Crippen LogP contribution in [0.25, 0.3) is 0 Å². The van der Waals surface area contributed by atoms with E-state index in [0.29, 0.717) is 12.3 Å². The third-order valence-corrected chi connectivity index (χ3v) is 5.47. The number of carbonyl (C=O) groups excluding carboxylic acids is 1. The van der Waals surface area contributed by atoms with Crippen LogP contribution in [0.5, 0.6) is 5.88 Å². The van der Waals surface area contributed by atoms with Crippen molar-refractivity contribution in [1.82, 2.24) is 9.88 Å². The van der Waals surface area contributed by atoms with Crippen molar-refractivity contribution in [3.8, 4) is 5.88 Å². The minimum Gasteiger partial charge on any atom is -0.474 e. The van der Waals surface area contributed by atoms with Gasteiger partial charge < -0.3 is 14.4 Å². The van der Waals surface area contributed by atoms with Crippen molar-refractivity contribution in [2.24, 2.45) is 5.41 Å². The zero-order chi connectivity index (χ0) is 18.1. The van der Waals surface area contributed by atoms with E-state index >= 15 is 0 Å². The molecule has 0 radical (unpaired) electrons. The molecular formula is C20H30N2O3. The maximum atomic E-state index is 12.9. The Morgan fingerprint density at radius 2 is 2.16 bits per heavy atom. The van der Waals surface area contributed by atoms with E-state index in [0.717, 1.165) is 32.2 Å². The molecule has 0 aromatic carbocycles. The number of aromatic nitrogens is 1. The highest BCUT2D eigenvalue weighted by molar-refractivity contribution is 5.77. The molecule has 1 saturated carbocycles. The Hall–Kier alpha value is -1.62. The minimum absolute atomic E-state index is 0.00602. The number of hydrogen-bond acceptors (Lipinski definition) is 4. The molecule has 1 saturated heterocycles. The summed E-state index contributed by atoms with van der Waals surface area (Å²) in [6.45, 7) is 7.11. The Morgan fingerprint density at radius 3 is 2.80 bits per heavy atom. The first-order valence-corrected chi connectivity index (χ1v) is 9.25. The van der Waals surface area contributed by atoms with Crippen molar-refractivity contribution >= 4 is 5.91 Å². The summed E-state index contributed by atoms with van der Waals surface area (Å²) in [5.41, 5.74) is -0.217. The van der Waals surface area contributed by atoms with Crippen LogP contribution in [0.2, 0.25) is 0 Å². The molecule has 1 aromatic rings. The molecule has 1 aromatic heterocycles. The van der Waals surface area contributed by atoms with Gasteiger partial charge in [0, 0.05) is 38.8 Å². The predicted molar refractivity (Wildman–Crippen MR) is 96.4 cm³/mol. The third kappa shape index (κ3) is 3.97. The average Bonchev–Trinajstić information content (AvgIpc) is 2.94. The molecule has 0 bridgehead atoms. The van der Waals surface area contributed by atoms with Crippen molar-refractivity contribution in [3.63, 3.8) is 0 Å². The first-order chi connectivity index (χ1) is 11.8. The van der Waals surface area contributed by atoms with E-state index in [2.05, 4.69) is 25.8 Å². The van der Waals surface area contributed by atoms with Gasteiger partial charge in [-0.15, -0.1) is 0 Å². The lowest BCUT2D eigenvalue weighted by atomic mass is 9.79. The Kier molecular flexibility index (Phi) is 5.05. The van der Waals surface area contributed by atoms with E-state index in [9.17, 15) is 4.79 Å². The van der Waals surface area contributed by atoms with Crippen molar-refractivity contribution in [2.45, 2.75) is 70.6 Å². The second kappa shape index (κ2) is 6.94. The van der Waals surface area contributed by atoms with Gasteiger partial charge >= 0.3 is 0 Å². The number of fused-ring (bicyclic) bond motifs is 1. The fourth-order valence-corrected chi connectivity index (χ4v) is 4.21. The minimum atomic E-state index is -0.211. The Bertz CT molecular complexity index is 599. The van der Waals surface area contributed by atoms with Crippen LogP contribution >= 0.6 is 0 Å². The zero-order valence-corrected chi connectivity index (χ0v) is 15.8. The molecule has 5 heteroatoms. The maximum Gasteiger partial charge on any atom is 0.223 e. The molecule has 1 aliphatic heterocycles. The second-order valence-electron chi connectivity index (χ2n) is 8.54. The SMILES string of the molecule is CO[C@@]12CC[C@@H](Oc3ccccn3)C[C@@H]1N(C(=O)CC(C)(C)C)CC2. The first kappa shape index (κ1) is 18.2. The quantitative estimate of drug-likeness (QED) is 0.838. The third-order valence-electron chi connectivity index (χ3n) is 5.47. The van der Waals surface area contributed by atoms with E-state index in [1.54, 1.807) is 13.3 Å². The van der Waals surface area contributed by atoms with Crippen LogP contribution in [0, 0.1) is 5.41 Å². The molecular weight excluding hydrogens is 316 g/mol. The molecule has 0 N–H and O–H groups in total. The molecule has 25 heavy (non-hydrogen) atoms. The van der Waals surface area contributed by atoms with Gasteiger partial charge in [-0.1, -0.05) is 26.8 Å². The van der Waals surface area contributed by atoms with Crippen molar-refractivity contribution in [3.05, 3.63) is 24.4 Å². The summed E-state index contributed by atoms with van der Waals surface area (Å²) in [6.07, 6.45) is 5.96. The number of rotatable bonds is 4. The van der Waals surface area contributed by atoms with E-state index in [4.69, 9.17) is 9.47 Å². The van der Waals surface area contributed by atoms with Crippen molar-refractivity contribution < 1.29 is 14.3 Å². The number of ether oxygens (including phenoxy) is 2. The summed E-state index contributed by atoms with van der Waals surface area (Å²) >= 11 is 0. The normalized spacial score (nSPS) is 29.4. The number of likely N-dealkylation sites (tertiary alicyclic amines) is 1. The Balaban J connectivity index is 1.73.